The molecule has 1 aliphatic rings. The Bertz CT molecular complexity index is 605. The Labute approximate surface area is 115 Å². The number of H-pyrrole nitrogens is 1. The van der Waals surface area contributed by atoms with E-state index in [1.807, 2.05) is 0 Å². The van der Waals surface area contributed by atoms with E-state index < -0.39 is 17.6 Å². The molecule has 1 aromatic heterocycles. The summed E-state index contributed by atoms with van der Waals surface area (Å²) in [6, 6.07) is 4.10. The van der Waals surface area contributed by atoms with Crippen molar-refractivity contribution >= 4 is 5.69 Å². The molecule has 2 aromatic rings. The minimum Gasteiger partial charge on any atom is -0.380 e. The molecule has 0 amide bonds. The van der Waals surface area contributed by atoms with Gasteiger partial charge in [-0.25, -0.2) is 13.8 Å². The second-order valence-electron chi connectivity index (χ2n) is 5.35. The largest absolute Gasteiger partial charge is 0.380 e. The highest BCUT2D eigenvalue weighted by Gasteiger charge is 2.40. The highest BCUT2D eigenvalue weighted by molar-refractivity contribution is 5.58. The van der Waals surface area contributed by atoms with Crippen LogP contribution in [0.5, 0.6) is 0 Å². The average molecular weight is 279 g/mol. The maximum Gasteiger partial charge on any atom is 0.142 e. The number of aromatic amines is 1. The molecule has 106 valence electrons. The number of aliphatic hydroxyl groups is 1. The van der Waals surface area contributed by atoms with Crippen molar-refractivity contribution < 1.29 is 13.9 Å². The van der Waals surface area contributed by atoms with Gasteiger partial charge in [0, 0.05) is 23.6 Å². The van der Waals surface area contributed by atoms with Crippen molar-refractivity contribution in [1.82, 2.24) is 9.97 Å². The fourth-order valence-electron chi connectivity index (χ4n) is 2.52. The summed E-state index contributed by atoms with van der Waals surface area (Å²) in [4.78, 5) is 8.53. The number of imidazole rings is 1. The van der Waals surface area contributed by atoms with Crippen LogP contribution in [0.2, 0.25) is 0 Å². The van der Waals surface area contributed by atoms with E-state index >= 15 is 0 Å². The number of nitrogens with zero attached hydrogens (tertiary/aromatic N) is 2. The Balaban J connectivity index is 1.95. The third kappa shape index (κ3) is 2.27. The van der Waals surface area contributed by atoms with Gasteiger partial charge in [-0.1, -0.05) is 6.07 Å². The van der Waals surface area contributed by atoms with E-state index in [-0.39, 0.29) is 13.1 Å². The third-order valence-electron chi connectivity index (χ3n) is 3.45. The highest BCUT2D eigenvalue weighted by atomic mass is 19.1. The standard InChI is InChI=1S/C14H15F2N3O/c1-14(16)7-19(8-14)11-6-9(15)2-3-10(11)12(20)13-17-4-5-18-13/h2-6,12,20H,7-8H2,1H3,(H,17,18). The normalized spacial score (nSPS) is 18.7. The zero-order chi connectivity index (χ0) is 14.3. The molecule has 0 radical (unpaired) electrons. The minimum absolute atomic E-state index is 0.189. The Morgan fingerprint density at radius 1 is 1.45 bits per heavy atom. The smallest absolute Gasteiger partial charge is 0.142 e. The van der Waals surface area contributed by atoms with Gasteiger partial charge in [0.2, 0.25) is 0 Å². The first-order valence-electron chi connectivity index (χ1n) is 6.37. The summed E-state index contributed by atoms with van der Waals surface area (Å²) < 4.78 is 27.1. The summed E-state index contributed by atoms with van der Waals surface area (Å²) in [5, 5.41) is 10.3. The summed E-state index contributed by atoms with van der Waals surface area (Å²) in [5.74, 6) is -0.0377. The molecule has 1 fully saturated rings. The van der Waals surface area contributed by atoms with Crippen molar-refractivity contribution in [3.05, 3.63) is 47.8 Å². The molecule has 6 heteroatoms. The van der Waals surface area contributed by atoms with Gasteiger partial charge >= 0.3 is 0 Å². The lowest BCUT2D eigenvalue weighted by Crippen LogP contribution is -2.57. The fraction of sp³-hybridized carbons (Fsp3) is 0.357. The summed E-state index contributed by atoms with van der Waals surface area (Å²) >= 11 is 0. The van der Waals surface area contributed by atoms with Gasteiger partial charge in [0.05, 0.1) is 13.1 Å². The number of nitrogens with one attached hydrogen (secondary N) is 1. The second kappa shape index (κ2) is 4.56. The van der Waals surface area contributed by atoms with Crippen molar-refractivity contribution in [3.8, 4) is 0 Å². The van der Waals surface area contributed by atoms with E-state index in [9.17, 15) is 13.9 Å². The molecule has 0 saturated carbocycles. The van der Waals surface area contributed by atoms with Crippen molar-refractivity contribution in [1.29, 1.82) is 0 Å². The molecule has 1 atom stereocenters. The molecule has 2 heterocycles. The van der Waals surface area contributed by atoms with Crippen LogP contribution in [0.25, 0.3) is 0 Å². The number of aliphatic hydroxyl groups excluding tert-OH is 1. The van der Waals surface area contributed by atoms with Crippen LogP contribution in [0, 0.1) is 5.82 Å². The summed E-state index contributed by atoms with van der Waals surface area (Å²) in [7, 11) is 0. The van der Waals surface area contributed by atoms with Gasteiger partial charge in [-0.15, -0.1) is 0 Å². The summed E-state index contributed by atoms with van der Waals surface area (Å²) in [5.41, 5.74) is -0.250. The van der Waals surface area contributed by atoms with Gasteiger partial charge in [0.15, 0.2) is 0 Å². The lowest BCUT2D eigenvalue weighted by molar-refractivity contribution is 0.143. The van der Waals surface area contributed by atoms with Crippen LogP contribution in [-0.4, -0.2) is 33.8 Å². The fourth-order valence-corrected chi connectivity index (χ4v) is 2.52. The van der Waals surface area contributed by atoms with E-state index in [2.05, 4.69) is 9.97 Å². The molecular formula is C14H15F2N3O. The molecule has 0 aliphatic carbocycles. The zero-order valence-corrected chi connectivity index (χ0v) is 11.0. The molecule has 3 rings (SSSR count). The van der Waals surface area contributed by atoms with Crippen LogP contribution in [0.4, 0.5) is 14.5 Å². The number of halogens is 2. The Morgan fingerprint density at radius 3 is 2.80 bits per heavy atom. The van der Waals surface area contributed by atoms with Crippen molar-refractivity contribution in [2.45, 2.75) is 18.7 Å². The lowest BCUT2D eigenvalue weighted by atomic mass is 9.95. The summed E-state index contributed by atoms with van der Waals surface area (Å²) in [6.45, 7) is 1.88. The predicted octanol–water partition coefficient (Wildman–Crippen LogP) is 2.18. The van der Waals surface area contributed by atoms with Crippen LogP contribution in [0.1, 0.15) is 24.4 Å². The second-order valence-corrected chi connectivity index (χ2v) is 5.35. The first-order valence-corrected chi connectivity index (χ1v) is 6.37. The first-order chi connectivity index (χ1) is 9.46. The SMILES string of the molecule is CC1(F)CN(c2cc(F)ccc2C(O)c2ncc[nH]2)C1. The first kappa shape index (κ1) is 13.1. The van der Waals surface area contributed by atoms with Crippen molar-refractivity contribution in [2.75, 3.05) is 18.0 Å². The van der Waals surface area contributed by atoms with Crippen LogP contribution in [0.3, 0.4) is 0 Å². The van der Waals surface area contributed by atoms with Gasteiger partial charge < -0.3 is 15.0 Å². The maximum absolute atomic E-state index is 13.6. The minimum atomic E-state index is -1.26. The van der Waals surface area contributed by atoms with Gasteiger partial charge in [-0.05, 0) is 19.1 Å². The number of aromatic nitrogens is 2. The van der Waals surface area contributed by atoms with E-state index in [0.717, 1.165) is 0 Å². The number of benzene rings is 1. The quantitative estimate of drug-likeness (QED) is 0.905. The average Bonchev–Trinajstić information content (AvgIpc) is 2.88. The molecule has 4 nitrogen and oxygen atoms in total. The predicted molar refractivity (Wildman–Crippen MR) is 70.8 cm³/mol. The molecule has 1 aromatic carbocycles. The van der Waals surface area contributed by atoms with Crippen molar-refractivity contribution in [3.63, 3.8) is 0 Å². The summed E-state index contributed by atoms with van der Waals surface area (Å²) in [6.07, 6.45) is 2.14. The Kier molecular flexibility index (Phi) is 2.97. The molecule has 2 N–H and O–H groups in total. The van der Waals surface area contributed by atoms with E-state index in [1.165, 1.54) is 31.3 Å². The number of alkyl halides is 1. The van der Waals surface area contributed by atoms with Gasteiger partial charge in [-0.3, -0.25) is 0 Å². The molecule has 0 bridgehead atoms. The number of anilines is 1. The van der Waals surface area contributed by atoms with Crippen LogP contribution < -0.4 is 4.90 Å². The van der Waals surface area contributed by atoms with Crippen LogP contribution >= 0.6 is 0 Å². The van der Waals surface area contributed by atoms with Gasteiger partial charge in [0.1, 0.15) is 23.4 Å². The van der Waals surface area contributed by atoms with E-state index in [0.29, 0.717) is 17.1 Å². The number of rotatable bonds is 3. The highest BCUT2D eigenvalue weighted by Crippen LogP contribution is 2.36. The van der Waals surface area contributed by atoms with Gasteiger partial charge in [-0.2, -0.15) is 0 Å². The van der Waals surface area contributed by atoms with Gasteiger partial charge in [0.25, 0.3) is 0 Å². The molecule has 20 heavy (non-hydrogen) atoms. The zero-order valence-electron chi connectivity index (χ0n) is 11.0. The van der Waals surface area contributed by atoms with Crippen LogP contribution in [0.15, 0.2) is 30.6 Å². The maximum atomic E-state index is 13.6. The molecule has 0 spiro atoms. The molecule has 1 aliphatic heterocycles. The number of hydrogen-bond donors (Lipinski definition) is 2. The lowest BCUT2D eigenvalue weighted by Gasteiger charge is -2.44. The molecular weight excluding hydrogens is 264 g/mol. The third-order valence-corrected chi connectivity index (χ3v) is 3.45. The Hall–Kier alpha value is -1.95. The van der Waals surface area contributed by atoms with Crippen LogP contribution in [-0.2, 0) is 0 Å². The molecule has 1 unspecified atom stereocenters. The molecule has 1 saturated heterocycles. The monoisotopic (exact) mass is 279 g/mol. The topological polar surface area (TPSA) is 52.1 Å². The number of hydrogen-bond acceptors (Lipinski definition) is 3. The van der Waals surface area contributed by atoms with Crippen molar-refractivity contribution in [2.24, 2.45) is 0 Å². The van der Waals surface area contributed by atoms with E-state index in [1.54, 1.807) is 11.1 Å². The van der Waals surface area contributed by atoms with E-state index in [4.69, 9.17) is 0 Å². The Morgan fingerprint density at radius 2 is 2.20 bits per heavy atom.